The zero-order valence-corrected chi connectivity index (χ0v) is 11.7. The number of amides is 1. The fraction of sp³-hybridized carbons (Fsp3) is 0.538. The van der Waals surface area contributed by atoms with E-state index in [0.717, 1.165) is 19.4 Å². The van der Waals surface area contributed by atoms with E-state index in [4.69, 9.17) is 11.6 Å². The van der Waals surface area contributed by atoms with E-state index >= 15 is 0 Å². The molecule has 1 fully saturated rings. The molecular weight excluding hydrogens is 266 g/mol. The monoisotopic (exact) mass is 283 g/mol. The Morgan fingerprint density at radius 1 is 1.63 bits per heavy atom. The van der Waals surface area contributed by atoms with Crippen LogP contribution in [0.3, 0.4) is 0 Å². The molecule has 1 aliphatic heterocycles. The lowest BCUT2D eigenvalue weighted by Gasteiger charge is -2.26. The highest BCUT2D eigenvalue weighted by molar-refractivity contribution is 6.30. The summed E-state index contributed by atoms with van der Waals surface area (Å²) >= 11 is 5.78. The number of hydrogen-bond donors (Lipinski definition) is 1. The molecule has 0 radical (unpaired) electrons. The average molecular weight is 284 g/mol. The third-order valence-electron chi connectivity index (χ3n) is 3.38. The smallest absolute Gasteiger partial charge is 0.242 e. The van der Waals surface area contributed by atoms with Crippen LogP contribution in [0.4, 0.5) is 5.82 Å². The van der Waals surface area contributed by atoms with Gasteiger partial charge in [0, 0.05) is 19.8 Å². The van der Waals surface area contributed by atoms with Crippen LogP contribution in [0.5, 0.6) is 0 Å². The van der Waals surface area contributed by atoms with Gasteiger partial charge in [-0.05, 0) is 25.0 Å². The molecule has 0 saturated carbocycles. The first-order valence-corrected chi connectivity index (χ1v) is 6.72. The molecule has 104 valence electrons. The van der Waals surface area contributed by atoms with E-state index < -0.39 is 0 Å². The second-order valence-electron chi connectivity index (χ2n) is 4.76. The molecule has 19 heavy (non-hydrogen) atoms. The molecule has 0 aromatic carbocycles. The topological polar surface area (TPSA) is 56.7 Å². The predicted molar refractivity (Wildman–Crippen MR) is 74.3 cm³/mol. The summed E-state index contributed by atoms with van der Waals surface area (Å²) in [4.78, 5) is 19.9. The molecule has 1 aromatic rings. The number of nitrogens with zero attached hydrogens (tertiary/aromatic N) is 3. The van der Waals surface area contributed by atoms with Gasteiger partial charge in [0.05, 0.1) is 24.2 Å². The molecule has 0 aliphatic carbocycles. The highest BCUT2D eigenvalue weighted by atomic mass is 35.5. The highest BCUT2D eigenvalue weighted by Crippen LogP contribution is 2.18. The lowest BCUT2D eigenvalue weighted by molar-refractivity contribution is -0.131. The van der Waals surface area contributed by atoms with Crippen molar-refractivity contribution < 1.29 is 9.90 Å². The number of pyridine rings is 1. The van der Waals surface area contributed by atoms with Crippen molar-refractivity contribution in [3.05, 3.63) is 23.4 Å². The van der Waals surface area contributed by atoms with Crippen LogP contribution in [-0.4, -0.2) is 53.7 Å². The fourth-order valence-electron chi connectivity index (χ4n) is 2.32. The van der Waals surface area contributed by atoms with Crippen molar-refractivity contribution in [1.82, 2.24) is 9.88 Å². The summed E-state index contributed by atoms with van der Waals surface area (Å²) in [7, 11) is 1.82. The molecule has 1 aromatic heterocycles. The Morgan fingerprint density at radius 3 is 3.05 bits per heavy atom. The lowest BCUT2D eigenvalue weighted by atomic mass is 10.2. The van der Waals surface area contributed by atoms with Gasteiger partial charge in [-0.1, -0.05) is 11.6 Å². The Kier molecular flexibility index (Phi) is 4.61. The molecule has 2 heterocycles. The molecule has 1 atom stereocenters. The van der Waals surface area contributed by atoms with Crippen LogP contribution < -0.4 is 4.90 Å². The van der Waals surface area contributed by atoms with Gasteiger partial charge in [0.2, 0.25) is 5.91 Å². The molecule has 1 N–H and O–H groups in total. The largest absolute Gasteiger partial charge is 0.394 e. The molecule has 1 amide bonds. The normalized spacial score (nSPS) is 18.7. The Hall–Kier alpha value is -1.33. The number of anilines is 1. The van der Waals surface area contributed by atoms with E-state index in [0.29, 0.717) is 10.8 Å². The number of hydrogen-bond acceptors (Lipinski definition) is 4. The van der Waals surface area contributed by atoms with E-state index in [2.05, 4.69) is 4.98 Å². The van der Waals surface area contributed by atoms with Crippen LogP contribution in [0, 0.1) is 0 Å². The number of halogens is 1. The number of aliphatic hydroxyl groups excluding tert-OH is 1. The SMILES string of the molecule is CN(CC(=O)N1CCCC1CO)c1ccc(Cl)cn1. The van der Waals surface area contributed by atoms with Gasteiger partial charge in [0.1, 0.15) is 5.82 Å². The number of likely N-dealkylation sites (N-methyl/N-ethyl adjacent to an activating group) is 1. The molecule has 1 aliphatic rings. The predicted octanol–water partition coefficient (Wildman–Crippen LogP) is 1.15. The lowest BCUT2D eigenvalue weighted by Crippen LogP contribution is -2.43. The van der Waals surface area contributed by atoms with Crippen molar-refractivity contribution in [3.8, 4) is 0 Å². The van der Waals surface area contributed by atoms with Gasteiger partial charge < -0.3 is 14.9 Å². The van der Waals surface area contributed by atoms with Gasteiger partial charge in [0.25, 0.3) is 0 Å². The minimum absolute atomic E-state index is 0.0239. The second kappa shape index (κ2) is 6.21. The Labute approximate surface area is 117 Å². The number of carbonyl (C=O) groups is 1. The molecule has 5 nitrogen and oxygen atoms in total. The Morgan fingerprint density at radius 2 is 2.42 bits per heavy atom. The number of aliphatic hydroxyl groups is 1. The first-order valence-electron chi connectivity index (χ1n) is 6.35. The van der Waals surface area contributed by atoms with Gasteiger partial charge in [-0.2, -0.15) is 0 Å². The third-order valence-corrected chi connectivity index (χ3v) is 3.61. The molecule has 0 bridgehead atoms. The zero-order chi connectivity index (χ0) is 13.8. The maximum Gasteiger partial charge on any atom is 0.242 e. The summed E-state index contributed by atoms with van der Waals surface area (Å²) in [5, 5.41) is 9.81. The zero-order valence-electron chi connectivity index (χ0n) is 10.9. The maximum atomic E-state index is 12.2. The number of rotatable bonds is 4. The van der Waals surface area contributed by atoms with Crippen molar-refractivity contribution in [3.63, 3.8) is 0 Å². The van der Waals surface area contributed by atoms with Crippen molar-refractivity contribution in [1.29, 1.82) is 0 Å². The molecule has 1 unspecified atom stereocenters. The second-order valence-corrected chi connectivity index (χ2v) is 5.19. The average Bonchev–Trinajstić information content (AvgIpc) is 2.87. The maximum absolute atomic E-state index is 12.2. The molecule has 6 heteroatoms. The van der Waals surface area contributed by atoms with Crippen LogP contribution in [0.2, 0.25) is 5.02 Å². The standard InChI is InChI=1S/C13H18ClN3O2/c1-16(12-5-4-10(14)7-15-12)8-13(19)17-6-2-3-11(17)9-18/h4-5,7,11,18H,2-3,6,8-9H2,1H3. The highest BCUT2D eigenvalue weighted by Gasteiger charge is 2.28. The number of carbonyl (C=O) groups excluding carboxylic acids is 1. The summed E-state index contributed by atoms with van der Waals surface area (Å²) in [5.41, 5.74) is 0. The first kappa shape index (κ1) is 14.1. The van der Waals surface area contributed by atoms with Crippen LogP contribution in [-0.2, 0) is 4.79 Å². The number of aromatic nitrogens is 1. The van der Waals surface area contributed by atoms with E-state index in [1.165, 1.54) is 0 Å². The summed E-state index contributed by atoms with van der Waals surface area (Å²) in [6.07, 6.45) is 3.40. The minimum atomic E-state index is -0.0286. The molecule has 2 rings (SSSR count). The summed E-state index contributed by atoms with van der Waals surface area (Å²) < 4.78 is 0. The molecular formula is C13H18ClN3O2. The fourth-order valence-corrected chi connectivity index (χ4v) is 2.43. The van der Waals surface area contributed by atoms with Crippen molar-refractivity contribution >= 4 is 23.3 Å². The van der Waals surface area contributed by atoms with Crippen molar-refractivity contribution in [2.24, 2.45) is 0 Å². The quantitative estimate of drug-likeness (QED) is 0.901. The molecule has 1 saturated heterocycles. The van der Waals surface area contributed by atoms with Gasteiger partial charge in [-0.25, -0.2) is 4.98 Å². The Bertz CT molecular complexity index is 438. The number of likely N-dealkylation sites (tertiary alicyclic amines) is 1. The Balaban J connectivity index is 1.96. The molecule has 0 spiro atoms. The summed E-state index contributed by atoms with van der Waals surface area (Å²) in [6, 6.07) is 3.50. The van der Waals surface area contributed by atoms with Crippen LogP contribution in [0.15, 0.2) is 18.3 Å². The van der Waals surface area contributed by atoms with E-state index in [1.807, 2.05) is 7.05 Å². The van der Waals surface area contributed by atoms with Crippen molar-refractivity contribution in [2.45, 2.75) is 18.9 Å². The van der Waals surface area contributed by atoms with E-state index in [9.17, 15) is 9.90 Å². The van der Waals surface area contributed by atoms with E-state index in [1.54, 1.807) is 28.1 Å². The van der Waals surface area contributed by atoms with Crippen LogP contribution >= 0.6 is 11.6 Å². The summed E-state index contributed by atoms with van der Waals surface area (Å²) in [6.45, 7) is 1.02. The first-order chi connectivity index (χ1) is 9.11. The third kappa shape index (κ3) is 3.36. The minimum Gasteiger partial charge on any atom is -0.394 e. The van der Waals surface area contributed by atoms with Crippen LogP contribution in [0.1, 0.15) is 12.8 Å². The van der Waals surface area contributed by atoms with Gasteiger partial charge in [-0.15, -0.1) is 0 Å². The van der Waals surface area contributed by atoms with E-state index in [-0.39, 0.29) is 25.1 Å². The van der Waals surface area contributed by atoms with Gasteiger partial charge in [0.15, 0.2) is 0 Å². The van der Waals surface area contributed by atoms with Gasteiger partial charge >= 0.3 is 0 Å². The van der Waals surface area contributed by atoms with Gasteiger partial charge in [-0.3, -0.25) is 4.79 Å². The van der Waals surface area contributed by atoms with Crippen LogP contribution in [0.25, 0.3) is 0 Å². The summed E-state index contributed by atoms with van der Waals surface area (Å²) in [5.74, 6) is 0.730. The van der Waals surface area contributed by atoms with Crippen molar-refractivity contribution in [2.75, 3.05) is 31.6 Å².